The van der Waals surface area contributed by atoms with Crippen molar-refractivity contribution in [3.8, 4) is 0 Å². The van der Waals surface area contributed by atoms with E-state index in [1.54, 1.807) is 30.1 Å². The summed E-state index contributed by atoms with van der Waals surface area (Å²) in [6, 6.07) is 4.05. The number of carboxylic acids is 1. The zero-order chi connectivity index (χ0) is 23.2. The minimum absolute atomic E-state index is 0.00517. The Labute approximate surface area is 178 Å². The molecule has 31 heavy (non-hydrogen) atoms. The Morgan fingerprint density at radius 2 is 1.77 bits per heavy atom. The summed E-state index contributed by atoms with van der Waals surface area (Å²) in [7, 11) is 3.46. The van der Waals surface area contributed by atoms with Crippen molar-refractivity contribution in [2.45, 2.75) is 32.0 Å². The maximum atomic E-state index is 12.8. The quantitative estimate of drug-likeness (QED) is 0.759. The van der Waals surface area contributed by atoms with Crippen molar-refractivity contribution in [1.82, 2.24) is 19.7 Å². The van der Waals surface area contributed by atoms with Crippen LogP contribution in [0.15, 0.2) is 24.5 Å². The molecule has 11 heteroatoms. The summed E-state index contributed by atoms with van der Waals surface area (Å²) in [5, 5.41) is 7.12. The number of hydrogen-bond donors (Lipinski definition) is 1. The molecule has 0 atom stereocenters. The second kappa shape index (κ2) is 10.1. The molecule has 1 aromatic rings. The van der Waals surface area contributed by atoms with Crippen molar-refractivity contribution in [2.24, 2.45) is 5.41 Å². The third-order valence-corrected chi connectivity index (χ3v) is 5.61. The van der Waals surface area contributed by atoms with Gasteiger partial charge in [0.1, 0.15) is 0 Å². The summed E-state index contributed by atoms with van der Waals surface area (Å²) in [6.45, 7) is 3.67. The molecule has 1 spiro atoms. The average Bonchev–Trinajstić information content (AvgIpc) is 3.00. The Kier molecular flexibility index (Phi) is 7.99. The molecule has 2 aliphatic rings. The van der Waals surface area contributed by atoms with Crippen molar-refractivity contribution in [1.29, 1.82) is 0 Å². The number of likely N-dealkylation sites (tertiary alicyclic amines) is 2. The summed E-state index contributed by atoms with van der Waals surface area (Å²) in [6.07, 6.45) is 1.26. The first kappa shape index (κ1) is 24.6. The lowest BCUT2D eigenvalue weighted by Gasteiger charge is -2.38. The van der Waals surface area contributed by atoms with Gasteiger partial charge in [-0.15, -0.1) is 0 Å². The number of nitrogens with zero attached hydrogens (tertiary/aromatic N) is 4. The standard InChI is InChI=1S/C18H26N4O2.C2HF3O2/c1-20(2)16(23)14-22-11-7-18(17(22)24)5-9-21(10-6-18)13-15-4-3-8-19-12-15;3-2(4,5)1(6)7/h3-4,8,12H,5-7,9-11,13-14H2,1-2H3;(H,6,7). The number of carbonyl (C=O) groups excluding carboxylic acids is 2. The van der Waals surface area contributed by atoms with Gasteiger partial charge in [0.2, 0.25) is 11.8 Å². The molecular formula is C20H27F3N4O4. The smallest absolute Gasteiger partial charge is 0.475 e. The van der Waals surface area contributed by atoms with Crippen LogP contribution in [0.3, 0.4) is 0 Å². The lowest BCUT2D eigenvalue weighted by atomic mass is 9.77. The molecule has 1 N–H and O–H groups in total. The lowest BCUT2D eigenvalue weighted by Crippen LogP contribution is -2.46. The number of carbonyl (C=O) groups is 3. The number of carboxylic acid groups (broad SMARTS) is 1. The van der Waals surface area contributed by atoms with E-state index in [-0.39, 0.29) is 23.8 Å². The molecule has 3 heterocycles. The number of alkyl halides is 3. The van der Waals surface area contributed by atoms with E-state index in [1.807, 2.05) is 12.3 Å². The molecule has 8 nitrogen and oxygen atoms in total. The van der Waals surface area contributed by atoms with Gasteiger partial charge in [-0.25, -0.2) is 4.79 Å². The highest BCUT2D eigenvalue weighted by Gasteiger charge is 2.48. The summed E-state index contributed by atoms with van der Waals surface area (Å²) < 4.78 is 31.7. The lowest BCUT2D eigenvalue weighted by molar-refractivity contribution is -0.192. The Morgan fingerprint density at radius 1 is 1.19 bits per heavy atom. The number of aromatic nitrogens is 1. The van der Waals surface area contributed by atoms with Gasteiger partial charge in [0.05, 0.1) is 12.0 Å². The molecule has 1 aromatic heterocycles. The number of aliphatic carboxylic acids is 1. The zero-order valence-electron chi connectivity index (χ0n) is 17.6. The van der Waals surface area contributed by atoms with E-state index >= 15 is 0 Å². The van der Waals surface area contributed by atoms with E-state index in [1.165, 1.54) is 5.56 Å². The number of rotatable bonds is 4. The van der Waals surface area contributed by atoms with Crippen molar-refractivity contribution in [3.63, 3.8) is 0 Å². The minimum Gasteiger partial charge on any atom is -0.475 e. The summed E-state index contributed by atoms with van der Waals surface area (Å²) >= 11 is 0. The molecule has 0 bridgehead atoms. The number of pyridine rings is 1. The number of hydrogen-bond acceptors (Lipinski definition) is 5. The van der Waals surface area contributed by atoms with Crippen molar-refractivity contribution >= 4 is 17.8 Å². The van der Waals surface area contributed by atoms with Gasteiger partial charge in [0.25, 0.3) is 0 Å². The van der Waals surface area contributed by atoms with E-state index < -0.39 is 12.1 Å². The molecule has 0 aliphatic carbocycles. The van der Waals surface area contributed by atoms with E-state index in [0.29, 0.717) is 6.54 Å². The van der Waals surface area contributed by atoms with E-state index in [0.717, 1.165) is 38.9 Å². The van der Waals surface area contributed by atoms with Crippen LogP contribution in [0.1, 0.15) is 24.8 Å². The molecular weight excluding hydrogens is 417 g/mol. The molecule has 2 fully saturated rings. The highest BCUT2D eigenvalue weighted by molar-refractivity contribution is 5.89. The van der Waals surface area contributed by atoms with Crippen LogP contribution in [-0.2, 0) is 20.9 Å². The van der Waals surface area contributed by atoms with Crippen LogP contribution in [0, 0.1) is 5.41 Å². The second-order valence-electron chi connectivity index (χ2n) is 7.99. The number of halogens is 3. The van der Waals surface area contributed by atoms with E-state index in [9.17, 15) is 22.8 Å². The first-order chi connectivity index (χ1) is 14.4. The SMILES string of the molecule is CN(C)C(=O)CN1CCC2(CCN(Cc3cccnc3)CC2)C1=O.O=C(O)C(F)(F)F. The summed E-state index contributed by atoms with van der Waals surface area (Å²) in [5.74, 6) is -2.58. The van der Waals surface area contributed by atoms with Gasteiger partial charge >= 0.3 is 12.1 Å². The van der Waals surface area contributed by atoms with E-state index in [2.05, 4.69) is 16.0 Å². The maximum Gasteiger partial charge on any atom is 0.490 e. The van der Waals surface area contributed by atoms with Crippen LogP contribution in [-0.4, -0.2) is 89.0 Å². The second-order valence-corrected chi connectivity index (χ2v) is 7.99. The Hall–Kier alpha value is -2.69. The molecule has 0 unspecified atom stereocenters. The largest absolute Gasteiger partial charge is 0.490 e. The van der Waals surface area contributed by atoms with Gasteiger partial charge in [-0.1, -0.05) is 6.07 Å². The highest BCUT2D eigenvalue weighted by Crippen LogP contribution is 2.41. The molecule has 0 radical (unpaired) electrons. The zero-order valence-corrected chi connectivity index (χ0v) is 17.6. The normalized spacial score (nSPS) is 18.5. The van der Waals surface area contributed by atoms with Crippen LogP contribution in [0.2, 0.25) is 0 Å². The average molecular weight is 444 g/mol. The number of amides is 2. The maximum absolute atomic E-state index is 12.8. The van der Waals surface area contributed by atoms with Crippen molar-refractivity contribution < 1.29 is 32.7 Å². The molecule has 0 aromatic carbocycles. The highest BCUT2D eigenvalue weighted by atomic mass is 19.4. The van der Waals surface area contributed by atoms with Crippen LogP contribution in [0.25, 0.3) is 0 Å². The number of piperidine rings is 1. The van der Waals surface area contributed by atoms with Crippen LogP contribution >= 0.6 is 0 Å². The Bertz CT molecular complexity index is 778. The van der Waals surface area contributed by atoms with Crippen LogP contribution in [0.5, 0.6) is 0 Å². The third kappa shape index (κ3) is 6.65. The van der Waals surface area contributed by atoms with Gasteiger partial charge in [0, 0.05) is 39.6 Å². The molecule has 2 amide bonds. The first-order valence-corrected chi connectivity index (χ1v) is 9.85. The summed E-state index contributed by atoms with van der Waals surface area (Å²) in [4.78, 5) is 43.5. The molecule has 2 saturated heterocycles. The monoisotopic (exact) mass is 444 g/mol. The predicted octanol–water partition coefficient (Wildman–Crippen LogP) is 1.62. The van der Waals surface area contributed by atoms with Gasteiger partial charge in [-0.05, 0) is 44.0 Å². The Balaban J connectivity index is 0.000000423. The van der Waals surface area contributed by atoms with Crippen molar-refractivity contribution in [3.05, 3.63) is 30.1 Å². The van der Waals surface area contributed by atoms with Gasteiger partial charge in [-0.2, -0.15) is 13.2 Å². The van der Waals surface area contributed by atoms with Crippen LogP contribution in [0.4, 0.5) is 13.2 Å². The molecule has 3 rings (SSSR count). The van der Waals surface area contributed by atoms with E-state index in [4.69, 9.17) is 9.90 Å². The van der Waals surface area contributed by atoms with Crippen LogP contribution < -0.4 is 0 Å². The number of likely N-dealkylation sites (N-methyl/N-ethyl adjacent to an activating group) is 1. The fraction of sp³-hybridized carbons (Fsp3) is 0.600. The molecule has 0 saturated carbocycles. The topological polar surface area (TPSA) is 94.1 Å². The fourth-order valence-corrected chi connectivity index (χ4v) is 3.70. The third-order valence-electron chi connectivity index (χ3n) is 5.61. The Morgan fingerprint density at radius 3 is 2.26 bits per heavy atom. The van der Waals surface area contributed by atoms with Gasteiger partial charge in [0.15, 0.2) is 0 Å². The predicted molar refractivity (Wildman–Crippen MR) is 105 cm³/mol. The minimum atomic E-state index is -5.08. The fourth-order valence-electron chi connectivity index (χ4n) is 3.70. The molecule has 172 valence electrons. The summed E-state index contributed by atoms with van der Waals surface area (Å²) in [5.41, 5.74) is 0.974. The molecule has 2 aliphatic heterocycles. The van der Waals surface area contributed by atoms with Gasteiger partial charge in [-0.3, -0.25) is 19.5 Å². The van der Waals surface area contributed by atoms with Gasteiger partial charge < -0.3 is 14.9 Å². The van der Waals surface area contributed by atoms with Crippen molar-refractivity contribution in [2.75, 3.05) is 40.3 Å². The first-order valence-electron chi connectivity index (χ1n) is 9.85.